The van der Waals surface area contributed by atoms with Crippen molar-refractivity contribution in [1.29, 1.82) is 0 Å². The molecule has 0 spiro atoms. The molecule has 0 radical (unpaired) electrons. The standard InChI is InChI=1S/C26H33ClN2O3SSi/c1-7-26(8-2,21-12-14-22(27)15-13-21)28-17-16-23-24(28)10-9-11-25(23)29(33(3,30)31)20-32-18-19-34(4,5)6/h1,9-17H,8,18-20H2,2-6H3. The average molecular weight is 517 g/mol. The van der Waals surface area contributed by atoms with Crippen LogP contribution in [0.2, 0.25) is 30.7 Å². The maximum absolute atomic E-state index is 12.7. The monoisotopic (exact) mass is 516 g/mol. The quantitative estimate of drug-likeness (QED) is 0.140. The van der Waals surface area contributed by atoms with Crippen LogP contribution in [-0.4, -0.2) is 40.7 Å². The highest BCUT2D eigenvalue weighted by molar-refractivity contribution is 7.92. The fourth-order valence-electron chi connectivity index (χ4n) is 4.07. The number of nitrogens with zero attached hydrogens (tertiary/aromatic N) is 2. The van der Waals surface area contributed by atoms with Crippen LogP contribution in [-0.2, 0) is 20.3 Å². The van der Waals surface area contributed by atoms with Gasteiger partial charge in [0.15, 0.2) is 0 Å². The third-order valence-electron chi connectivity index (χ3n) is 6.07. The Hall–Kier alpha value is -2.24. The fourth-order valence-corrected chi connectivity index (χ4v) is 5.73. The molecule has 0 aliphatic heterocycles. The molecule has 1 heterocycles. The highest BCUT2D eigenvalue weighted by Gasteiger charge is 2.32. The first-order chi connectivity index (χ1) is 15.9. The molecule has 0 fully saturated rings. The zero-order valence-electron chi connectivity index (χ0n) is 20.5. The predicted molar refractivity (Wildman–Crippen MR) is 146 cm³/mol. The summed E-state index contributed by atoms with van der Waals surface area (Å²) in [5, 5.41) is 1.44. The Morgan fingerprint density at radius 1 is 1.15 bits per heavy atom. The number of terminal acetylenes is 1. The van der Waals surface area contributed by atoms with Gasteiger partial charge in [0.05, 0.1) is 17.5 Å². The molecule has 3 rings (SSSR count). The van der Waals surface area contributed by atoms with Crippen LogP contribution < -0.4 is 4.31 Å². The van der Waals surface area contributed by atoms with Gasteiger partial charge in [0.1, 0.15) is 12.3 Å². The van der Waals surface area contributed by atoms with Crippen molar-refractivity contribution in [3.8, 4) is 12.3 Å². The van der Waals surface area contributed by atoms with Gasteiger partial charge in [-0.15, -0.1) is 6.42 Å². The van der Waals surface area contributed by atoms with Gasteiger partial charge in [0.2, 0.25) is 10.0 Å². The van der Waals surface area contributed by atoms with E-state index >= 15 is 0 Å². The molecule has 1 unspecified atom stereocenters. The summed E-state index contributed by atoms with van der Waals surface area (Å²) in [6, 6.07) is 16.1. The second-order valence-corrected chi connectivity index (χ2v) is 17.7. The van der Waals surface area contributed by atoms with Gasteiger partial charge in [-0.1, -0.05) is 62.3 Å². The van der Waals surface area contributed by atoms with Crippen LogP contribution in [0.3, 0.4) is 0 Å². The van der Waals surface area contributed by atoms with Gasteiger partial charge in [0, 0.05) is 31.3 Å². The first-order valence-electron chi connectivity index (χ1n) is 11.3. The number of aromatic nitrogens is 1. The molecule has 182 valence electrons. The lowest BCUT2D eigenvalue weighted by Crippen LogP contribution is -2.33. The van der Waals surface area contributed by atoms with E-state index in [9.17, 15) is 8.42 Å². The summed E-state index contributed by atoms with van der Waals surface area (Å²) in [4.78, 5) is 0. The molecule has 0 saturated carbocycles. The molecule has 34 heavy (non-hydrogen) atoms. The second-order valence-electron chi connectivity index (χ2n) is 9.72. The predicted octanol–water partition coefficient (Wildman–Crippen LogP) is 6.16. The largest absolute Gasteiger partial charge is 0.360 e. The summed E-state index contributed by atoms with van der Waals surface area (Å²) in [5.41, 5.74) is 1.63. The first kappa shape index (κ1) is 26.4. The lowest BCUT2D eigenvalue weighted by Gasteiger charge is -2.31. The van der Waals surface area contributed by atoms with Crippen molar-refractivity contribution in [2.45, 2.75) is 44.6 Å². The molecule has 0 N–H and O–H groups in total. The van der Waals surface area contributed by atoms with Crippen molar-refractivity contribution in [3.63, 3.8) is 0 Å². The Labute approximate surface area is 209 Å². The molecule has 5 nitrogen and oxygen atoms in total. The minimum atomic E-state index is -3.56. The molecule has 0 bridgehead atoms. The highest BCUT2D eigenvalue weighted by Crippen LogP contribution is 2.37. The zero-order chi connectivity index (χ0) is 25.1. The van der Waals surface area contributed by atoms with Crippen molar-refractivity contribution < 1.29 is 13.2 Å². The van der Waals surface area contributed by atoms with Gasteiger partial charge in [-0.3, -0.25) is 0 Å². The van der Waals surface area contributed by atoms with E-state index in [-0.39, 0.29) is 6.73 Å². The molecule has 0 saturated heterocycles. The van der Waals surface area contributed by atoms with Gasteiger partial charge in [-0.2, -0.15) is 0 Å². The van der Waals surface area contributed by atoms with Gasteiger partial charge in [-0.25, -0.2) is 12.7 Å². The highest BCUT2D eigenvalue weighted by atomic mass is 35.5. The van der Waals surface area contributed by atoms with E-state index in [1.807, 2.05) is 60.2 Å². The molecule has 3 aromatic rings. The zero-order valence-corrected chi connectivity index (χ0v) is 23.1. The van der Waals surface area contributed by atoms with Crippen molar-refractivity contribution in [2.75, 3.05) is 23.9 Å². The topological polar surface area (TPSA) is 51.5 Å². The minimum absolute atomic E-state index is 0.0289. The number of anilines is 1. The number of rotatable bonds is 10. The maximum atomic E-state index is 12.7. The van der Waals surface area contributed by atoms with E-state index in [2.05, 4.69) is 25.6 Å². The molecule has 1 aromatic heterocycles. The van der Waals surface area contributed by atoms with Crippen LogP contribution in [0.1, 0.15) is 18.9 Å². The summed E-state index contributed by atoms with van der Waals surface area (Å²) in [7, 11) is -4.85. The van der Waals surface area contributed by atoms with Gasteiger partial charge in [0.25, 0.3) is 0 Å². The van der Waals surface area contributed by atoms with Gasteiger partial charge < -0.3 is 9.30 Å². The smallest absolute Gasteiger partial charge is 0.234 e. The Morgan fingerprint density at radius 2 is 1.82 bits per heavy atom. The fraction of sp³-hybridized carbons (Fsp3) is 0.385. The average Bonchev–Trinajstić information content (AvgIpc) is 3.20. The number of benzene rings is 2. The van der Waals surface area contributed by atoms with Crippen LogP contribution in [0.4, 0.5) is 5.69 Å². The van der Waals surface area contributed by atoms with Crippen LogP contribution in [0, 0.1) is 12.3 Å². The number of fused-ring (bicyclic) bond motifs is 1. The van der Waals surface area contributed by atoms with Crippen LogP contribution in [0.15, 0.2) is 54.7 Å². The van der Waals surface area contributed by atoms with Gasteiger partial charge in [-0.05, 0) is 48.4 Å². The number of sulfonamides is 1. The Bertz CT molecular complexity index is 1290. The first-order valence-corrected chi connectivity index (χ1v) is 17.3. The Balaban J connectivity index is 2.07. The molecule has 0 amide bonds. The third-order valence-corrected chi connectivity index (χ3v) is 9.13. The van der Waals surface area contributed by atoms with Crippen molar-refractivity contribution in [1.82, 2.24) is 4.57 Å². The van der Waals surface area contributed by atoms with Crippen LogP contribution >= 0.6 is 11.6 Å². The summed E-state index contributed by atoms with van der Waals surface area (Å²) >= 11 is 6.11. The maximum Gasteiger partial charge on any atom is 0.234 e. The molecular formula is C26H33ClN2O3SSi. The van der Waals surface area contributed by atoms with E-state index in [1.165, 1.54) is 10.6 Å². The number of ether oxygens (including phenoxy) is 1. The number of halogens is 1. The second kappa shape index (κ2) is 10.2. The van der Waals surface area contributed by atoms with Crippen LogP contribution in [0.5, 0.6) is 0 Å². The number of hydrogen-bond acceptors (Lipinski definition) is 3. The van der Waals surface area contributed by atoms with E-state index < -0.39 is 23.6 Å². The van der Waals surface area contributed by atoms with Crippen molar-refractivity contribution in [2.24, 2.45) is 0 Å². The molecule has 0 aliphatic carbocycles. The molecule has 1 atom stereocenters. The van der Waals surface area contributed by atoms with E-state index in [0.29, 0.717) is 23.7 Å². The lowest BCUT2D eigenvalue weighted by molar-refractivity contribution is 0.156. The van der Waals surface area contributed by atoms with Gasteiger partial charge >= 0.3 is 0 Å². The third kappa shape index (κ3) is 5.52. The Kier molecular flexibility index (Phi) is 7.88. The van der Waals surface area contributed by atoms with Crippen LogP contribution in [0.25, 0.3) is 10.9 Å². The minimum Gasteiger partial charge on any atom is -0.360 e. The molecule has 8 heteroatoms. The lowest BCUT2D eigenvalue weighted by atomic mass is 9.87. The molecular weight excluding hydrogens is 484 g/mol. The van der Waals surface area contributed by atoms with E-state index in [4.69, 9.17) is 22.8 Å². The number of hydrogen-bond donors (Lipinski definition) is 0. The summed E-state index contributed by atoms with van der Waals surface area (Å²) < 4.78 is 34.7. The van der Waals surface area contributed by atoms with Crippen molar-refractivity contribution >= 4 is 46.3 Å². The molecule has 2 aromatic carbocycles. The summed E-state index contributed by atoms with van der Waals surface area (Å²) in [5.74, 6) is 3.00. The SMILES string of the molecule is C#CC(CC)(c1ccc(Cl)cc1)n1ccc2c(N(COCC[Si](C)(C)C)S(C)(=O)=O)cccc21. The summed E-state index contributed by atoms with van der Waals surface area (Å²) in [6.07, 6.45) is 9.91. The summed E-state index contributed by atoms with van der Waals surface area (Å²) in [6.45, 7) is 9.34. The normalized spacial score (nSPS) is 14.0. The van der Waals surface area contributed by atoms with Crippen molar-refractivity contribution in [3.05, 3.63) is 65.3 Å². The molecule has 0 aliphatic rings. The van der Waals surface area contributed by atoms with E-state index in [1.54, 1.807) is 6.07 Å². The Morgan fingerprint density at radius 3 is 2.38 bits per heavy atom. The van der Waals surface area contributed by atoms with E-state index in [0.717, 1.165) is 22.5 Å².